The van der Waals surface area contributed by atoms with E-state index in [1.807, 2.05) is 0 Å². The van der Waals surface area contributed by atoms with Gasteiger partial charge in [-0.2, -0.15) is 0 Å². The maximum atomic E-state index is 13.3. The molecule has 0 aliphatic carbocycles. The van der Waals surface area contributed by atoms with Gasteiger partial charge in [0.15, 0.2) is 11.5 Å². The molecule has 0 aromatic heterocycles. The van der Waals surface area contributed by atoms with E-state index in [0.29, 0.717) is 0 Å². The van der Waals surface area contributed by atoms with Crippen molar-refractivity contribution in [1.29, 1.82) is 0 Å². The van der Waals surface area contributed by atoms with Crippen molar-refractivity contribution in [3.8, 4) is 11.5 Å². The Balaban J connectivity index is 3.02. The van der Waals surface area contributed by atoms with Gasteiger partial charge in [0, 0.05) is 6.07 Å². The van der Waals surface area contributed by atoms with E-state index < -0.39 is 23.9 Å². The largest absolute Gasteiger partial charge is 0.493 e. The molecule has 0 bridgehead atoms. The number of methoxy groups -OCH3 is 1. The van der Waals surface area contributed by atoms with Crippen LogP contribution >= 0.6 is 0 Å². The fourth-order valence-electron chi connectivity index (χ4n) is 1.50. The van der Waals surface area contributed by atoms with Crippen LogP contribution in [0, 0.1) is 5.82 Å². The second-order valence-electron chi connectivity index (χ2n) is 3.80. The summed E-state index contributed by atoms with van der Waals surface area (Å²) in [6.45, 7) is 3.31. The van der Waals surface area contributed by atoms with Crippen molar-refractivity contribution in [2.45, 2.75) is 20.0 Å². The molecule has 0 aliphatic rings. The van der Waals surface area contributed by atoms with Gasteiger partial charge in [-0.05, 0) is 26.0 Å². The maximum absolute atomic E-state index is 13.3. The molecular formula is C14H17FO6. The number of carbonyl (C=O) groups is 2. The van der Waals surface area contributed by atoms with Crippen LogP contribution in [0.4, 0.5) is 4.39 Å². The zero-order chi connectivity index (χ0) is 15.8. The smallest absolute Gasteiger partial charge is 0.359 e. The summed E-state index contributed by atoms with van der Waals surface area (Å²) in [5, 5.41) is 0. The average molecular weight is 300 g/mol. The molecule has 1 rings (SSSR count). The van der Waals surface area contributed by atoms with Crippen molar-refractivity contribution in [1.82, 2.24) is 0 Å². The Hall–Kier alpha value is -2.31. The normalized spacial score (nSPS) is 10.1. The summed E-state index contributed by atoms with van der Waals surface area (Å²) in [5.74, 6) is -2.35. The minimum absolute atomic E-state index is 0.0678. The van der Waals surface area contributed by atoms with Crippen LogP contribution in [0.1, 0.15) is 13.8 Å². The molecule has 7 heteroatoms. The summed E-state index contributed by atoms with van der Waals surface area (Å²) >= 11 is 0. The van der Waals surface area contributed by atoms with Crippen LogP contribution in [0.3, 0.4) is 0 Å². The Morgan fingerprint density at radius 2 is 1.67 bits per heavy atom. The molecule has 0 saturated heterocycles. The highest BCUT2D eigenvalue weighted by Gasteiger charge is 2.32. The fraction of sp³-hybridized carbons (Fsp3) is 0.429. The SMILES string of the molecule is CCOC(=O)C(Oc1cc(F)ccc1OC)C(=O)OCC. The van der Waals surface area contributed by atoms with E-state index in [-0.39, 0.29) is 24.7 Å². The molecule has 0 atom stereocenters. The van der Waals surface area contributed by atoms with E-state index in [0.717, 1.165) is 12.1 Å². The third-order valence-corrected chi connectivity index (χ3v) is 2.37. The van der Waals surface area contributed by atoms with E-state index in [2.05, 4.69) is 0 Å². The summed E-state index contributed by atoms with van der Waals surface area (Å²) in [5.41, 5.74) is 0. The van der Waals surface area contributed by atoms with Gasteiger partial charge in [0.2, 0.25) is 0 Å². The van der Waals surface area contributed by atoms with Crippen molar-refractivity contribution >= 4 is 11.9 Å². The second-order valence-corrected chi connectivity index (χ2v) is 3.80. The van der Waals surface area contributed by atoms with Crippen molar-refractivity contribution < 1.29 is 32.9 Å². The number of halogens is 1. The predicted molar refractivity (Wildman–Crippen MR) is 70.6 cm³/mol. The van der Waals surface area contributed by atoms with E-state index in [1.54, 1.807) is 13.8 Å². The molecular weight excluding hydrogens is 283 g/mol. The molecule has 0 fully saturated rings. The second kappa shape index (κ2) is 8.08. The van der Waals surface area contributed by atoms with Crippen LogP contribution in [0.15, 0.2) is 18.2 Å². The van der Waals surface area contributed by atoms with Gasteiger partial charge in [0.05, 0.1) is 20.3 Å². The number of ether oxygens (including phenoxy) is 4. The highest BCUT2D eigenvalue weighted by atomic mass is 19.1. The molecule has 0 aliphatic heterocycles. The Morgan fingerprint density at radius 3 is 2.14 bits per heavy atom. The third kappa shape index (κ3) is 4.62. The number of carbonyl (C=O) groups excluding carboxylic acids is 2. The van der Waals surface area contributed by atoms with Gasteiger partial charge in [0.1, 0.15) is 5.82 Å². The predicted octanol–water partition coefficient (Wildman–Crippen LogP) is 1.71. The average Bonchev–Trinajstić information content (AvgIpc) is 2.45. The summed E-state index contributed by atoms with van der Waals surface area (Å²) < 4.78 is 33.0. The Bertz CT molecular complexity index is 484. The maximum Gasteiger partial charge on any atom is 0.359 e. The number of rotatable bonds is 7. The number of hydrogen-bond donors (Lipinski definition) is 0. The molecule has 21 heavy (non-hydrogen) atoms. The minimum Gasteiger partial charge on any atom is -0.493 e. The fourth-order valence-corrected chi connectivity index (χ4v) is 1.50. The first-order valence-electron chi connectivity index (χ1n) is 6.36. The monoisotopic (exact) mass is 300 g/mol. The van der Waals surface area contributed by atoms with Gasteiger partial charge in [-0.25, -0.2) is 14.0 Å². The van der Waals surface area contributed by atoms with Crippen LogP contribution in [-0.4, -0.2) is 38.4 Å². The molecule has 0 spiro atoms. The van der Waals surface area contributed by atoms with Crippen LogP contribution in [0.2, 0.25) is 0 Å². The van der Waals surface area contributed by atoms with E-state index in [9.17, 15) is 14.0 Å². The van der Waals surface area contributed by atoms with E-state index >= 15 is 0 Å². The molecule has 0 radical (unpaired) electrons. The molecule has 0 heterocycles. The van der Waals surface area contributed by atoms with Gasteiger partial charge in [-0.3, -0.25) is 0 Å². The van der Waals surface area contributed by atoms with Gasteiger partial charge in [0.25, 0.3) is 6.10 Å². The van der Waals surface area contributed by atoms with Gasteiger partial charge in [-0.15, -0.1) is 0 Å². The number of hydrogen-bond acceptors (Lipinski definition) is 6. The number of esters is 2. The first kappa shape index (κ1) is 16.7. The highest BCUT2D eigenvalue weighted by Crippen LogP contribution is 2.28. The zero-order valence-corrected chi connectivity index (χ0v) is 12.1. The summed E-state index contributed by atoms with van der Waals surface area (Å²) in [6.07, 6.45) is -1.64. The molecule has 6 nitrogen and oxygen atoms in total. The van der Waals surface area contributed by atoms with Gasteiger partial charge < -0.3 is 18.9 Å². The molecule has 116 valence electrons. The van der Waals surface area contributed by atoms with Gasteiger partial charge in [-0.1, -0.05) is 0 Å². The standard InChI is InChI=1S/C14H17FO6/c1-4-19-13(16)12(14(17)20-5-2)21-11-8-9(15)6-7-10(11)18-3/h6-8,12H,4-5H2,1-3H3. The zero-order valence-electron chi connectivity index (χ0n) is 12.1. The Kier molecular flexibility index (Phi) is 6.45. The van der Waals surface area contributed by atoms with Crippen LogP contribution in [0.5, 0.6) is 11.5 Å². The lowest BCUT2D eigenvalue weighted by atomic mass is 10.3. The van der Waals surface area contributed by atoms with E-state index in [1.165, 1.54) is 13.2 Å². The van der Waals surface area contributed by atoms with Gasteiger partial charge >= 0.3 is 11.9 Å². The molecule has 1 aromatic carbocycles. The molecule has 0 saturated carbocycles. The van der Waals surface area contributed by atoms with Crippen LogP contribution < -0.4 is 9.47 Å². The molecule has 0 N–H and O–H groups in total. The lowest BCUT2D eigenvalue weighted by Gasteiger charge is -2.17. The van der Waals surface area contributed by atoms with Crippen LogP contribution in [-0.2, 0) is 19.1 Å². The van der Waals surface area contributed by atoms with Crippen molar-refractivity contribution in [2.24, 2.45) is 0 Å². The van der Waals surface area contributed by atoms with E-state index in [4.69, 9.17) is 18.9 Å². The number of benzene rings is 1. The van der Waals surface area contributed by atoms with Crippen molar-refractivity contribution in [3.63, 3.8) is 0 Å². The Labute approximate surface area is 121 Å². The van der Waals surface area contributed by atoms with Crippen molar-refractivity contribution in [2.75, 3.05) is 20.3 Å². The molecule has 0 amide bonds. The topological polar surface area (TPSA) is 71.1 Å². The first-order valence-corrected chi connectivity index (χ1v) is 6.36. The first-order chi connectivity index (χ1) is 10.0. The minimum atomic E-state index is -1.64. The highest BCUT2D eigenvalue weighted by molar-refractivity contribution is 5.98. The molecule has 1 aromatic rings. The molecule has 0 unspecified atom stereocenters. The lowest BCUT2D eigenvalue weighted by molar-refractivity contribution is -0.166. The summed E-state index contributed by atoms with van der Waals surface area (Å²) in [4.78, 5) is 23.5. The van der Waals surface area contributed by atoms with Crippen molar-refractivity contribution in [3.05, 3.63) is 24.0 Å². The lowest BCUT2D eigenvalue weighted by Crippen LogP contribution is -2.38. The van der Waals surface area contributed by atoms with Crippen LogP contribution in [0.25, 0.3) is 0 Å². The Morgan fingerprint density at radius 1 is 1.10 bits per heavy atom. The quantitative estimate of drug-likeness (QED) is 0.564. The third-order valence-electron chi connectivity index (χ3n) is 2.37. The summed E-state index contributed by atoms with van der Waals surface area (Å²) in [6, 6.07) is 3.48. The summed E-state index contributed by atoms with van der Waals surface area (Å²) in [7, 11) is 1.35.